The molecule has 3 rings (SSSR count). The number of ether oxygens (including phenoxy) is 1. The van der Waals surface area contributed by atoms with Crippen LogP contribution in [-0.2, 0) is 16.4 Å². The van der Waals surface area contributed by atoms with Crippen LogP contribution in [0, 0.1) is 6.92 Å². The fraction of sp³-hybridized carbons (Fsp3) is 0.235. The van der Waals surface area contributed by atoms with Gasteiger partial charge in [0.25, 0.3) is 0 Å². The zero-order valence-electron chi connectivity index (χ0n) is 13.4. The number of nitrogens with one attached hydrogen (secondary N) is 1. The van der Waals surface area contributed by atoms with E-state index in [1.807, 2.05) is 25.1 Å². The highest BCUT2D eigenvalue weighted by Crippen LogP contribution is 2.21. The zero-order valence-corrected chi connectivity index (χ0v) is 14.3. The number of nitrogens with zero attached hydrogens (tertiary/aromatic N) is 1. The minimum atomic E-state index is -3.55. The maximum Gasteiger partial charge on any atom is 0.240 e. The molecular formula is C17H18N2O4S. The highest BCUT2D eigenvalue weighted by molar-refractivity contribution is 7.89. The number of sulfonamides is 1. The van der Waals surface area contributed by atoms with Crippen molar-refractivity contribution in [2.24, 2.45) is 0 Å². The second-order valence-corrected chi connectivity index (χ2v) is 7.20. The molecule has 1 N–H and O–H groups in total. The lowest BCUT2D eigenvalue weighted by Gasteiger charge is -2.09. The van der Waals surface area contributed by atoms with E-state index in [9.17, 15) is 8.42 Å². The SMILES string of the molecule is COc1ccc(S(=O)(=O)NCCc2ccc3ncoc3c2)cc1C. The average molecular weight is 346 g/mol. The third-order valence-corrected chi connectivity index (χ3v) is 5.24. The molecule has 0 saturated carbocycles. The first-order valence-electron chi connectivity index (χ1n) is 7.46. The van der Waals surface area contributed by atoms with Gasteiger partial charge >= 0.3 is 0 Å². The minimum Gasteiger partial charge on any atom is -0.496 e. The van der Waals surface area contributed by atoms with Gasteiger partial charge in [-0.25, -0.2) is 18.1 Å². The van der Waals surface area contributed by atoms with Gasteiger partial charge in [-0.15, -0.1) is 0 Å². The normalized spacial score (nSPS) is 11.8. The highest BCUT2D eigenvalue weighted by Gasteiger charge is 2.15. The first-order valence-corrected chi connectivity index (χ1v) is 8.94. The van der Waals surface area contributed by atoms with Crippen molar-refractivity contribution >= 4 is 21.1 Å². The van der Waals surface area contributed by atoms with E-state index in [4.69, 9.17) is 9.15 Å². The van der Waals surface area contributed by atoms with Gasteiger partial charge in [0.2, 0.25) is 10.0 Å². The smallest absolute Gasteiger partial charge is 0.240 e. The molecule has 1 heterocycles. The van der Waals surface area contributed by atoms with Crippen molar-refractivity contribution in [1.82, 2.24) is 9.71 Å². The largest absolute Gasteiger partial charge is 0.496 e. The summed E-state index contributed by atoms with van der Waals surface area (Å²) in [7, 11) is -2.00. The van der Waals surface area contributed by atoms with Crippen LogP contribution < -0.4 is 9.46 Å². The molecule has 0 spiro atoms. The maximum atomic E-state index is 12.4. The summed E-state index contributed by atoms with van der Waals surface area (Å²) < 4.78 is 37.7. The molecule has 126 valence electrons. The summed E-state index contributed by atoms with van der Waals surface area (Å²) in [5.41, 5.74) is 3.23. The Morgan fingerprint density at radius 1 is 1.21 bits per heavy atom. The number of oxazole rings is 1. The second-order valence-electron chi connectivity index (χ2n) is 5.43. The van der Waals surface area contributed by atoms with Crippen molar-refractivity contribution < 1.29 is 17.6 Å². The molecule has 0 fully saturated rings. The van der Waals surface area contributed by atoms with Crippen molar-refractivity contribution in [2.45, 2.75) is 18.2 Å². The third-order valence-electron chi connectivity index (χ3n) is 3.78. The molecule has 0 unspecified atom stereocenters. The Morgan fingerprint density at radius 3 is 2.79 bits per heavy atom. The van der Waals surface area contributed by atoms with Crippen LogP contribution in [0.15, 0.2) is 52.1 Å². The Bertz CT molecular complexity index is 964. The Balaban J connectivity index is 1.67. The Labute approximate surface area is 140 Å². The van der Waals surface area contributed by atoms with Gasteiger partial charge < -0.3 is 9.15 Å². The van der Waals surface area contributed by atoms with Crippen LogP contribution >= 0.6 is 0 Å². The van der Waals surface area contributed by atoms with Gasteiger partial charge in [-0.1, -0.05) is 6.07 Å². The number of benzene rings is 2. The number of rotatable bonds is 6. The van der Waals surface area contributed by atoms with E-state index >= 15 is 0 Å². The van der Waals surface area contributed by atoms with E-state index in [0.29, 0.717) is 24.3 Å². The van der Waals surface area contributed by atoms with E-state index in [2.05, 4.69) is 9.71 Å². The zero-order chi connectivity index (χ0) is 17.2. The van der Waals surface area contributed by atoms with Gasteiger partial charge in [-0.2, -0.15) is 0 Å². The molecule has 0 aliphatic rings. The Hall–Kier alpha value is -2.38. The molecule has 1 aromatic heterocycles. The summed E-state index contributed by atoms with van der Waals surface area (Å²) in [6.07, 6.45) is 1.95. The monoisotopic (exact) mass is 346 g/mol. The highest BCUT2D eigenvalue weighted by atomic mass is 32.2. The van der Waals surface area contributed by atoms with E-state index in [1.54, 1.807) is 19.2 Å². The van der Waals surface area contributed by atoms with Crippen LogP contribution in [0.4, 0.5) is 0 Å². The minimum absolute atomic E-state index is 0.228. The van der Waals surface area contributed by atoms with Crippen molar-refractivity contribution in [3.63, 3.8) is 0 Å². The van der Waals surface area contributed by atoms with Gasteiger partial charge in [0.15, 0.2) is 12.0 Å². The molecule has 2 aromatic carbocycles. The molecular weight excluding hydrogens is 328 g/mol. The summed E-state index contributed by atoms with van der Waals surface area (Å²) >= 11 is 0. The van der Waals surface area contributed by atoms with Crippen LogP contribution in [0.25, 0.3) is 11.1 Å². The molecule has 24 heavy (non-hydrogen) atoms. The van der Waals surface area contributed by atoms with E-state index < -0.39 is 10.0 Å². The molecule has 7 heteroatoms. The number of aromatic nitrogens is 1. The van der Waals surface area contributed by atoms with Crippen molar-refractivity contribution in [2.75, 3.05) is 13.7 Å². The lowest BCUT2D eigenvalue weighted by molar-refractivity contribution is 0.411. The quantitative estimate of drug-likeness (QED) is 0.742. The molecule has 0 amide bonds. The summed E-state index contributed by atoms with van der Waals surface area (Å²) in [5, 5.41) is 0. The number of fused-ring (bicyclic) bond motifs is 1. The fourth-order valence-corrected chi connectivity index (χ4v) is 3.60. The standard InChI is InChI=1S/C17H18N2O4S/c1-12-9-14(4-6-16(12)22-2)24(20,21)19-8-7-13-3-5-15-17(10-13)23-11-18-15/h3-6,9-11,19H,7-8H2,1-2H3. The lowest BCUT2D eigenvalue weighted by Crippen LogP contribution is -2.26. The van der Waals surface area contributed by atoms with Crippen LogP contribution in [0.2, 0.25) is 0 Å². The molecule has 0 aliphatic carbocycles. The van der Waals surface area contributed by atoms with E-state index in [1.165, 1.54) is 12.5 Å². The molecule has 6 nitrogen and oxygen atoms in total. The topological polar surface area (TPSA) is 81.4 Å². The first-order chi connectivity index (χ1) is 11.5. The predicted molar refractivity (Wildman–Crippen MR) is 90.6 cm³/mol. The summed E-state index contributed by atoms with van der Waals surface area (Å²) in [6, 6.07) is 10.4. The van der Waals surface area contributed by atoms with Gasteiger partial charge in [0, 0.05) is 6.54 Å². The molecule has 0 saturated heterocycles. The van der Waals surface area contributed by atoms with Crippen LogP contribution in [0.5, 0.6) is 5.75 Å². The number of hydrogen-bond acceptors (Lipinski definition) is 5. The van der Waals surface area contributed by atoms with E-state index in [-0.39, 0.29) is 4.90 Å². The number of aryl methyl sites for hydroxylation is 1. The predicted octanol–water partition coefficient (Wildman–Crippen LogP) is 2.67. The van der Waals surface area contributed by atoms with Crippen molar-refractivity contribution in [1.29, 1.82) is 0 Å². The summed E-state index contributed by atoms with van der Waals surface area (Å²) in [5.74, 6) is 0.661. The van der Waals surface area contributed by atoms with Crippen LogP contribution in [0.1, 0.15) is 11.1 Å². The second kappa shape index (κ2) is 6.62. The molecule has 0 radical (unpaired) electrons. The van der Waals surface area contributed by atoms with Gasteiger partial charge in [-0.05, 0) is 54.8 Å². The fourth-order valence-electron chi connectivity index (χ4n) is 2.49. The number of methoxy groups -OCH3 is 1. The molecule has 3 aromatic rings. The summed E-state index contributed by atoms with van der Waals surface area (Å²) in [4.78, 5) is 4.28. The number of hydrogen-bond donors (Lipinski definition) is 1. The van der Waals surface area contributed by atoms with Gasteiger partial charge in [0.1, 0.15) is 11.3 Å². The van der Waals surface area contributed by atoms with Crippen LogP contribution in [0.3, 0.4) is 0 Å². The first kappa shape index (κ1) is 16.5. The molecule has 0 bridgehead atoms. The summed E-state index contributed by atoms with van der Waals surface area (Å²) in [6.45, 7) is 2.11. The average Bonchev–Trinajstić information content (AvgIpc) is 3.02. The van der Waals surface area contributed by atoms with E-state index in [0.717, 1.165) is 16.6 Å². The van der Waals surface area contributed by atoms with Crippen molar-refractivity contribution in [3.05, 3.63) is 53.9 Å². The lowest BCUT2D eigenvalue weighted by atomic mass is 10.1. The molecule has 0 atom stereocenters. The third kappa shape index (κ3) is 3.42. The van der Waals surface area contributed by atoms with Gasteiger partial charge in [0.05, 0.1) is 12.0 Å². The Morgan fingerprint density at radius 2 is 2.04 bits per heavy atom. The maximum absolute atomic E-state index is 12.4. The Kier molecular flexibility index (Phi) is 4.55. The van der Waals surface area contributed by atoms with Gasteiger partial charge in [-0.3, -0.25) is 0 Å². The van der Waals surface area contributed by atoms with Crippen molar-refractivity contribution in [3.8, 4) is 5.75 Å². The molecule has 0 aliphatic heterocycles. The van der Waals surface area contributed by atoms with Crippen LogP contribution in [-0.4, -0.2) is 27.1 Å².